The molecule has 2 N–H and O–H groups in total. The van der Waals surface area contributed by atoms with Crippen molar-refractivity contribution in [1.82, 2.24) is 5.32 Å². The van der Waals surface area contributed by atoms with E-state index in [0.717, 1.165) is 38.3 Å². The lowest BCUT2D eigenvalue weighted by atomic mass is 9.87. The molecule has 2 fully saturated rings. The average molecular weight is 211 g/mol. The topological polar surface area (TPSA) is 32.3 Å². The predicted molar refractivity (Wildman–Crippen MR) is 62.9 cm³/mol. The number of rotatable bonds is 4. The average Bonchev–Trinajstić information content (AvgIpc) is 2.71. The van der Waals surface area contributed by atoms with Gasteiger partial charge in [-0.2, -0.15) is 0 Å². The Morgan fingerprint density at radius 3 is 2.67 bits per heavy atom. The lowest BCUT2D eigenvalue weighted by molar-refractivity contribution is 0.00558. The molecular formula is C13H25NO. The van der Waals surface area contributed by atoms with Gasteiger partial charge in [-0.3, -0.25) is 0 Å². The third-order valence-corrected chi connectivity index (χ3v) is 4.18. The molecule has 2 heteroatoms. The van der Waals surface area contributed by atoms with Gasteiger partial charge in [0.25, 0.3) is 0 Å². The van der Waals surface area contributed by atoms with Gasteiger partial charge in [0, 0.05) is 6.54 Å². The highest BCUT2D eigenvalue weighted by molar-refractivity contribution is 4.85. The zero-order valence-corrected chi connectivity index (χ0v) is 9.80. The second-order valence-electron chi connectivity index (χ2n) is 5.55. The molecule has 0 bridgehead atoms. The summed E-state index contributed by atoms with van der Waals surface area (Å²) in [5.74, 6) is 0.977. The van der Waals surface area contributed by atoms with Crippen molar-refractivity contribution in [2.24, 2.45) is 5.92 Å². The Balaban J connectivity index is 1.63. The Labute approximate surface area is 93.5 Å². The zero-order chi connectivity index (χ0) is 10.6. The van der Waals surface area contributed by atoms with Crippen LogP contribution >= 0.6 is 0 Å². The normalized spacial score (nSPS) is 33.4. The molecule has 1 heterocycles. The molecule has 2 rings (SSSR count). The van der Waals surface area contributed by atoms with Gasteiger partial charge >= 0.3 is 0 Å². The van der Waals surface area contributed by atoms with Gasteiger partial charge in [0.15, 0.2) is 0 Å². The van der Waals surface area contributed by atoms with Gasteiger partial charge < -0.3 is 10.4 Å². The van der Waals surface area contributed by atoms with E-state index in [-0.39, 0.29) is 5.60 Å². The highest BCUT2D eigenvalue weighted by Gasteiger charge is 2.28. The number of piperidine rings is 1. The molecule has 1 aliphatic carbocycles. The maximum absolute atomic E-state index is 10.3. The summed E-state index contributed by atoms with van der Waals surface area (Å²) in [4.78, 5) is 0. The standard InChI is InChI=1S/C13H25NO/c15-13(9-4-10-14-11-13)8-3-7-12-5-1-2-6-12/h12,14-15H,1-11H2. The molecule has 2 aliphatic rings. The van der Waals surface area contributed by atoms with E-state index in [9.17, 15) is 5.11 Å². The summed E-state index contributed by atoms with van der Waals surface area (Å²) in [6, 6.07) is 0. The maximum atomic E-state index is 10.3. The minimum absolute atomic E-state index is 0.378. The van der Waals surface area contributed by atoms with Crippen LogP contribution in [0, 0.1) is 5.92 Å². The minimum Gasteiger partial charge on any atom is -0.389 e. The van der Waals surface area contributed by atoms with Gasteiger partial charge in [-0.25, -0.2) is 0 Å². The summed E-state index contributed by atoms with van der Waals surface area (Å²) in [6.45, 7) is 1.91. The van der Waals surface area contributed by atoms with Gasteiger partial charge in [0.05, 0.1) is 5.60 Å². The second kappa shape index (κ2) is 5.31. The fourth-order valence-corrected chi connectivity index (χ4v) is 3.18. The molecule has 1 atom stereocenters. The summed E-state index contributed by atoms with van der Waals surface area (Å²) in [5, 5.41) is 13.6. The summed E-state index contributed by atoms with van der Waals surface area (Å²) >= 11 is 0. The molecule has 0 aromatic rings. The first-order chi connectivity index (χ1) is 7.29. The maximum Gasteiger partial charge on any atom is 0.0772 e. The second-order valence-corrected chi connectivity index (χ2v) is 5.55. The molecular weight excluding hydrogens is 186 g/mol. The van der Waals surface area contributed by atoms with Crippen LogP contribution < -0.4 is 5.32 Å². The largest absolute Gasteiger partial charge is 0.389 e. The van der Waals surface area contributed by atoms with Crippen molar-refractivity contribution in [3.63, 3.8) is 0 Å². The van der Waals surface area contributed by atoms with E-state index in [1.807, 2.05) is 0 Å². The van der Waals surface area contributed by atoms with Crippen LogP contribution in [0.25, 0.3) is 0 Å². The molecule has 0 radical (unpaired) electrons. The van der Waals surface area contributed by atoms with Gasteiger partial charge in [-0.1, -0.05) is 38.5 Å². The SMILES string of the molecule is OC1(CCCC2CCCC2)CCCNC1. The summed E-state index contributed by atoms with van der Waals surface area (Å²) in [6.07, 6.45) is 11.5. The van der Waals surface area contributed by atoms with Crippen molar-refractivity contribution in [2.75, 3.05) is 13.1 Å². The molecule has 1 saturated carbocycles. The predicted octanol–water partition coefficient (Wildman–Crippen LogP) is 2.46. The fraction of sp³-hybridized carbons (Fsp3) is 1.00. The Kier molecular flexibility index (Phi) is 4.04. The molecule has 0 aromatic heterocycles. The molecule has 1 unspecified atom stereocenters. The van der Waals surface area contributed by atoms with Gasteiger partial charge in [-0.15, -0.1) is 0 Å². The third-order valence-electron chi connectivity index (χ3n) is 4.18. The van der Waals surface area contributed by atoms with Crippen LogP contribution in [0.5, 0.6) is 0 Å². The Hall–Kier alpha value is -0.0800. The Bertz CT molecular complexity index is 181. The van der Waals surface area contributed by atoms with Crippen molar-refractivity contribution in [1.29, 1.82) is 0 Å². The van der Waals surface area contributed by atoms with E-state index in [4.69, 9.17) is 0 Å². The van der Waals surface area contributed by atoms with E-state index in [1.54, 1.807) is 0 Å². The fourth-order valence-electron chi connectivity index (χ4n) is 3.18. The molecule has 2 nitrogen and oxygen atoms in total. The Morgan fingerprint density at radius 1 is 1.20 bits per heavy atom. The number of hydrogen-bond donors (Lipinski definition) is 2. The third kappa shape index (κ3) is 3.46. The van der Waals surface area contributed by atoms with Crippen LogP contribution in [0.4, 0.5) is 0 Å². The van der Waals surface area contributed by atoms with Gasteiger partial charge in [0.2, 0.25) is 0 Å². The summed E-state index contributed by atoms with van der Waals surface area (Å²) in [5.41, 5.74) is -0.378. The van der Waals surface area contributed by atoms with Crippen molar-refractivity contribution >= 4 is 0 Å². The van der Waals surface area contributed by atoms with Crippen molar-refractivity contribution in [3.8, 4) is 0 Å². The van der Waals surface area contributed by atoms with Crippen LogP contribution in [-0.4, -0.2) is 23.8 Å². The molecule has 1 aliphatic heterocycles. The monoisotopic (exact) mass is 211 g/mol. The van der Waals surface area contributed by atoms with E-state index in [0.29, 0.717) is 0 Å². The quantitative estimate of drug-likeness (QED) is 0.748. The van der Waals surface area contributed by atoms with Crippen LogP contribution in [0.1, 0.15) is 57.8 Å². The van der Waals surface area contributed by atoms with E-state index in [2.05, 4.69) is 5.32 Å². The van der Waals surface area contributed by atoms with Crippen molar-refractivity contribution in [3.05, 3.63) is 0 Å². The minimum atomic E-state index is -0.378. The van der Waals surface area contributed by atoms with Crippen LogP contribution in [0.15, 0.2) is 0 Å². The number of hydrogen-bond acceptors (Lipinski definition) is 2. The first-order valence-corrected chi connectivity index (χ1v) is 6.72. The van der Waals surface area contributed by atoms with E-state index >= 15 is 0 Å². The van der Waals surface area contributed by atoms with Crippen LogP contribution in [-0.2, 0) is 0 Å². The lowest BCUT2D eigenvalue weighted by Gasteiger charge is -2.33. The smallest absolute Gasteiger partial charge is 0.0772 e. The van der Waals surface area contributed by atoms with E-state index in [1.165, 1.54) is 38.5 Å². The summed E-state index contributed by atoms with van der Waals surface area (Å²) < 4.78 is 0. The molecule has 88 valence electrons. The highest BCUT2D eigenvalue weighted by atomic mass is 16.3. The summed E-state index contributed by atoms with van der Waals surface area (Å²) in [7, 11) is 0. The molecule has 15 heavy (non-hydrogen) atoms. The molecule has 0 amide bonds. The van der Waals surface area contributed by atoms with Crippen molar-refractivity contribution in [2.45, 2.75) is 63.4 Å². The molecule has 0 aromatic carbocycles. The first kappa shape index (κ1) is 11.4. The zero-order valence-electron chi connectivity index (χ0n) is 9.80. The Morgan fingerprint density at radius 2 is 2.00 bits per heavy atom. The number of aliphatic hydroxyl groups is 1. The van der Waals surface area contributed by atoms with Crippen LogP contribution in [0.3, 0.4) is 0 Å². The molecule has 0 spiro atoms. The number of β-amino-alcohol motifs (C(OH)–C–C–N with tert-alkyl or cyclic N) is 1. The van der Waals surface area contributed by atoms with E-state index < -0.39 is 0 Å². The van der Waals surface area contributed by atoms with Crippen LogP contribution in [0.2, 0.25) is 0 Å². The van der Waals surface area contributed by atoms with Crippen molar-refractivity contribution < 1.29 is 5.11 Å². The lowest BCUT2D eigenvalue weighted by Crippen LogP contribution is -2.45. The highest BCUT2D eigenvalue weighted by Crippen LogP contribution is 2.31. The molecule has 1 saturated heterocycles. The van der Waals surface area contributed by atoms with Gasteiger partial charge in [0.1, 0.15) is 0 Å². The first-order valence-electron chi connectivity index (χ1n) is 6.72. The van der Waals surface area contributed by atoms with Gasteiger partial charge in [-0.05, 0) is 31.7 Å². The number of nitrogens with one attached hydrogen (secondary N) is 1.